The third-order valence-corrected chi connectivity index (χ3v) is 2.64. The molecule has 1 atom stereocenters. The third kappa shape index (κ3) is 2.58. The first-order valence-electron chi connectivity index (χ1n) is 5.02. The van der Waals surface area contributed by atoms with E-state index in [0.717, 1.165) is 12.2 Å². The first-order valence-corrected chi connectivity index (χ1v) is 5.86. The van der Waals surface area contributed by atoms with Crippen molar-refractivity contribution in [2.24, 2.45) is 7.05 Å². The summed E-state index contributed by atoms with van der Waals surface area (Å²) in [5.74, 6) is 0.710. The fourth-order valence-corrected chi connectivity index (χ4v) is 1.95. The van der Waals surface area contributed by atoms with E-state index in [1.165, 1.54) is 16.3 Å². The van der Waals surface area contributed by atoms with Crippen LogP contribution in [0.15, 0.2) is 5.38 Å². The van der Waals surface area contributed by atoms with Crippen LogP contribution in [-0.4, -0.2) is 36.3 Å². The van der Waals surface area contributed by atoms with E-state index < -0.39 is 0 Å². The predicted molar refractivity (Wildman–Crippen MR) is 58.8 cm³/mol. The maximum absolute atomic E-state index is 4.15. The molecule has 0 saturated carbocycles. The number of tetrazole rings is 1. The predicted octanol–water partition coefficient (Wildman–Crippen LogP) is -0.0451. The number of hydrogen-bond donors (Lipinski definition) is 1. The second kappa shape index (κ2) is 5.08. The average molecular weight is 239 g/mol. The molecule has 16 heavy (non-hydrogen) atoms. The molecular weight excluding hydrogens is 226 g/mol. The number of aromatic nitrogens is 6. The maximum Gasteiger partial charge on any atom is 0.176 e. The van der Waals surface area contributed by atoms with Crippen molar-refractivity contribution in [3.8, 4) is 0 Å². The molecule has 2 aromatic heterocycles. The molecule has 86 valence electrons. The quantitative estimate of drug-likeness (QED) is 0.788. The normalized spacial score (nSPS) is 12.9. The van der Waals surface area contributed by atoms with E-state index in [9.17, 15) is 0 Å². The molecular formula is C8H13N7S. The lowest BCUT2D eigenvalue weighted by atomic mass is 10.1. The molecule has 0 aliphatic rings. The first kappa shape index (κ1) is 11.1. The molecule has 0 radical (unpaired) electrons. The summed E-state index contributed by atoms with van der Waals surface area (Å²) in [6.07, 6.45) is 0.674. The minimum absolute atomic E-state index is 0.105. The summed E-state index contributed by atoms with van der Waals surface area (Å²) in [4.78, 5) is 1.46. The zero-order valence-corrected chi connectivity index (χ0v) is 9.98. The number of nitrogens with zero attached hydrogens (tertiary/aromatic N) is 6. The Labute approximate surface area is 97.0 Å². The fourth-order valence-electron chi connectivity index (χ4n) is 1.44. The molecule has 0 aliphatic carbocycles. The third-order valence-electron chi connectivity index (χ3n) is 2.12. The molecule has 0 bridgehead atoms. The first-order chi connectivity index (χ1) is 7.79. The van der Waals surface area contributed by atoms with Gasteiger partial charge in [0.15, 0.2) is 5.82 Å². The maximum atomic E-state index is 4.15. The number of aryl methyl sites for hydroxylation is 1. The van der Waals surface area contributed by atoms with Crippen LogP contribution in [0.3, 0.4) is 0 Å². The van der Waals surface area contributed by atoms with Gasteiger partial charge in [0.25, 0.3) is 0 Å². The molecule has 0 fully saturated rings. The van der Waals surface area contributed by atoms with Gasteiger partial charge in [-0.3, -0.25) is 0 Å². The summed E-state index contributed by atoms with van der Waals surface area (Å²) in [6, 6.07) is 0.105. The smallest absolute Gasteiger partial charge is 0.176 e. The highest BCUT2D eigenvalue weighted by Gasteiger charge is 2.16. The summed E-state index contributed by atoms with van der Waals surface area (Å²) in [7, 11) is 1.75. The lowest BCUT2D eigenvalue weighted by Gasteiger charge is -2.12. The van der Waals surface area contributed by atoms with Crippen molar-refractivity contribution < 1.29 is 0 Å². The Morgan fingerprint density at radius 2 is 2.38 bits per heavy atom. The van der Waals surface area contributed by atoms with Gasteiger partial charge in [0, 0.05) is 11.8 Å². The average Bonchev–Trinajstić information content (AvgIpc) is 2.88. The van der Waals surface area contributed by atoms with Crippen LogP contribution in [0.5, 0.6) is 0 Å². The van der Waals surface area contributed by atoms with Gasteiger partial charge >= 0.3 is 0 Å². The van der Waals surface area contributed by atoms with Crippen molar-refractivity contribution >= 4 is 11.5 Å². The second-order valence-electron chi connectivity index (χ2n) is 3.34. The van der Waals surface area contributed by atoms with E-state index in [2.05, 4.69) is 37.2 Å². The Balaban J connectivity index is 2.09. The molecule has 0 aromatic carbocycles. The molecule has 2 aromatic rings. The highest BCUT2D eigenvalue weighted by Crippen LogP contribution is 2.14. The van der Waals surface area contributed by atoms with E-state index >= 15 is 0 Å². The molecule has 0 aliphatic heterocycles. The van der Waals surface area contributed by atoms with Gasteiger partial charge < -0.3 is 5.32 Å². The highest BCUT2D eigenvalue weighted by atomic mass is 32.1. The summed E-state index contributed by atoms with van der Waals surface area (Å²) in [5, 5.41) is 21.2. The Kier molecular flexibility index (Phi) is 3.52. The molecule has 0 saturated heterocycles. The summed E-state index contributed by atoms with van der Waals surface area (Å²) < 4.78 is 3.86. The number of rotatable bonds is 5. The van der Waals surface area contributed by atoms with Crippen LogP contribution in [-0.2, 0) is 13.5 Å². The van der Waals surface area contributed by atoms with Crippen LogP contribution in [0.25, 0.3) is 0 Å². The Bertz CT molecular complexity index is 423. The van der Waals surface area contributed by atoms with E-state index in [0.29, 0.717) is 12.2 Å². The van der Waals surface area contributed by atoms with Crippen molar-refractivity contribution in [2.45, 2.75) is 19.4 Å². The fraction of sp³-hybridized carbons (Fsp3) is 0.625. The molecule has 2 rings (SSSR count). The topological polar surface area (TPSA) is 81.4 Å². The van der Waals surface area contributed by atoms with Gasteiger partial charge in [-0.1, -0.05) is 11.4 Å². The molecule has 8 heteroatoms. The highest BCUT2D eigenvalue weighted by molar-refractivity contribution is 7.03. The second-order valence-corrected chi connectivity index (χ2v) is 3.95. The van der Waals surface area contributed by atoms with Crippen LogP contribution in [0.1, 0.15) is 24.5 Å². The van der Waals surface area contributed by atoms with Crippen molar-refractivity contribution in [3.05, 3.63) is 16.9 Å². The van der Waals surface area contributed by atoms with Crippen molar-refractivity contribution in [1.29, 1.82) is 0 Å². The van der Waals surface area contributed by atoms with Gasteiger partial charge in [-0.2, -0.15) is 4.80 Å². The van der Waals surface area contributed by atoms with E-state index in [-0.39, 0.29) is 6.04 Å². The number of nitrogens with one attached hydrogen (secondary N) is 1. The molecule has 0 amide bonds. The van der Waals surface area contributed by atoms with Gasteiger partial charge in [-0.05, 0) is 23.3 Å². The lowest BCUT2D eigenvalue weighted by Crippen LogP contribution is -2.23. The zero-order valence-electron chi connectivity index (χ0n) is 9.16. The Morgan fingerprint density at radius 3 is 2.94 bits per heavy atom. The Morgan fingerprint density at radius 1 is 1.50 bits per heavy atom. The van der Waals surface area contributed by atoms with Gasteiger partial charge in [0.1, 0.15) is 0 Å². The van der Waals surface area contributed by atoms with Crippen molar-refractivity contribution in [1.82, 2.24) is 35.1 Å². The van der Waals surface area contributed by atoms with Gasteiger partial charge in [0.05, 0.1) is 18.8 Å². The summed E-state index contributed by atoms with van der Waals surface area (Å²) in [6.45, 7) is 2.92. The van der Waals surface area contributed by atoms with Crippen LogP contribution in [0.2, 0.25) is 0 Å². The van der Waals surface area contributed by atoms with Crippen LogP contribution < -0.4 is 5.32 Å². The van der Waals surface area contributed by atoms with Crippen molar-refractivity contribution in [3.63, 3.8) is 0 Å². The molecule has 7 nitrogen and oxygen atoms in total. The summed E-state index contributed by atoms with van der Waals surface area (Å²) in [5.41, 5.74) is 0.930. The number of likely N-dealkylation sites (N-methyl/N-ethyl adjacent to an activating group) is 1. The minimum atomic E-state index is 0.105. The standard InChI is InChI=1S/C8H13N7S/c1-3-9-6(7-5-16-14-10-7)4-8-11-13-15(2)12-8/h5-6,9H,3-4H2,1-2H3. The molecule has 1 N–H and O–H groups in total. The SMILES string of the molecule is CCNC(Cc1nnn(C)n1)c1csnn1. The van der Waals surface area contributed by atoms with Crippen LogP contribution >= 0.6 is 11.5 Å². The molecule has 1 unspecified atom stereocenters. The van der Waals surface area contributed by atoms with Crippen LogP contribution in [0.4, 0.5) is 0 Å². The molecule has 0 spiro atoms. The van der Waals surface area contributed by atoms with Gasteiger partial charge in [-0.15, -0.1) is 15.3 Å². The zero-order chi connectivity index (χ0) is 11.4. The van der Waals surface area contributed by atoms with Crippen LogP contribution in [0, 0.1) is 0 Å². The monoisotopic (exact) mass is 239 g/mol. The summed E-state index contributed by atoms with van der Waals surface area (Å²) >= 11 is 1.35. The van der Waals surface area contributed by atoms with E-state index in [1.54, 1.807) is 7.05 Å². The number of hydrogen-bond acceptors (Lipinski definition) is 7. The largest absolute Gasteiger partial charge is 0.308 e. The van der Waals surface area contributed by atoms with Crippen molar-refractivity contribution in [2.75, 3.05) is 6.54 Å². The van der Waals surface area contributed by atoms with Gasteiger partial charge in [0.2, 0.25) is 0 Å². The lowest BCUT2D eigenvalue weighted by molar-refractivity contribution is 0.521. The van der Waals surface area contributed by atoms with E-state index in [4.69, 9.17) is 0 Å². The minimum Gasteiger partial charge on any atom is -0.308 e. The Hall–Kier alpha value is -1.41. The van der Waals surface area contributed by atoms with E-state index in [1.807, 2.05) is 5.38 Å². The molecule has 2 heterocycles. The van der Waals surface area contributed by atoms with Gasteiger partial charge in [-0.25, -0.2) is 0 Å².